The van der Waals surface area contributed by atoms with Crippen LogP contribution in [0.15, 0.2) is 35.9 Å². The fourth-order valence-corrected chi connectivity index (χ4v) is 3.32. The van der Waals surface area contributed by atoms with E-state index in [9.17, 15) is 5.11 Å². The van der Waals surface area contributed by atoms with Crippen LogP contribution in [0.3, 0.4) is 0 Å². The van der Waals surface area contributed by atoms with Crippen molar-refractivity contribution in [3.05, 3.63) is 41.5 Å². The molecule has 110 valence electrons. The first-order valence-corrected chi connectivity index (χ1v) is 7.71. The Hall–Kier alpha value is -1.28. The molecule has 1 atom stereocenters. The van der Waals surface area contributed by atoms with Gasteiger partial charge in [0, 0.05) is 18.5 Å². The van der Waals surface area contributed by atoms with Gasteiger partial charge in [-0.1, -0.05) is 37.1 Å². The van der Waals surface area contributed by atoms with Crippen LogP contribution in [0.2, 0.25) is 0 Å². The molecule has 2 rings (SSSR count). The van der Waals surface area contributed by atoms with Gasteiger partial charge in [-0.15, -0.1) is 0 Å². The third-order valence-corrected chi connectivity index (χ3v) is 4.38. The smallest absolute Gasteiger partial charge is 0.115 e. The molecule has 0 spiro atoms. The van der Waals surface area contributed by atoms with E-state index in [4.69, 9.17) is 0 Å². The minimum atomic E-state index is 0.225. The third-order valence-electron chi connectivity index (χ3n) is 4.38. The van der Waals surface area contributed by atoms with Gasteiger partial charge in [-0.25, -0.2) is 0 Å². The number of benzene rings is 1. The Labute approximate surface area is 123 Å². The van der Waals surface area contributed by atoms with Gasteiger partial charge in [0.05, 0.1) is 0 Å². The van der Waals surface area contributed by atoms with E-state index < -0.39 is 0 Å². The average Bonchev–Trinajstić information content (AvgIpc) is 2.82. The van der Waals surface area contributed by atoms with E-state index >= 15 is 0 Å². The van der Waals surface area contributed by atoms with Gasteiger partial charge in [-0.05, 0) is 50.9 Å². The van der Waals surface area contributed by atoms with Gasteiger partial charge >= 0.3 is 0 Å². The molecule has 0 saturated carbocycles. The molecule has 0 amide bonds. The zero-order valence-electron chi connectivity index (χ0n) is 13.0. The first kappa shape index (κ1) is 15.1. The lowest BCUT2D eigenvalue weighted by molar-refractivity contribution is 0.326. The second-order valence-corrected chi connectivity index (χ2v) is 6.35. The molecule has 0 unspecified atom stereocenters. The molecular formula is C18H27NO. The van der Waals surface area contributed by atoms with Gasteiger partial charge in [0.2, 0.25) is 0 Å². The summed E-state index contributed by atoms with van der Waals surface area (Å²) in [7, 11) is 0. The van der Waals surface area contributed by atoms with Crippen molar-refractivity contribution >= 4 is 0 Å². The summed E-state index contributed by atoms with van der Waals surface area (Å²) in [4.78, 5) is 2.53. The molecule has 1 aromatic carbocycles. The number of likely N-dealkylation sites (tertiary alicyclic amines) is 1. The van der Waals surface area contributed by atoms with Crippen LogP contribution in [0.1, 0.15) is 45.6 Å². The summed E-state index contributed by atoms with van der Waals surface area (Å²) in [5.74, 6) is 0.390. The Balaban J connectivity index is 2.18. The van der Waals surface area contributed by atoms with Crippen LogP contribution in [0.4, 0.5) is 0 Å². The van der Waals surface area contributed by atoms with Crippen LogP contribution < -0.4 is 0 Å². The zero-order valence-corrected chi connectivity index (χ0v) is 13.0. The van der Waals surface area contributed by atoms with Gasteiger partial charge < -0.3 is 5.11 Å². The number of allylic oxidation sites excluding steroid dienone is 1. The summed E-state index contributed by atoms with van der Waals surface area (Å²) < 4.78 is 0. The van der Waals surface area contributed by atoms with Crippen molar-refractivity contribution in [2.24, 2.45) is 0 Å². The highest BCUT2D eigenvalue weighted by Gasteiger charge is 2.38. The summed E-state index contributed by atoms with van der Waals surface area (Å²) in [6.45, 7) is 9.87. The largest absolute Gasteiger partial charge is 0.508 e. The Morgan fingerprint density at radius 2 is 2.20 bits per heavy atom. The van der Waals surface area contributed by atoms with E-state index in [1.165, 1.54) is 30.4 Å². The predicted molar refractivity (Wildman–Crippen MR) is 85.2 cm³/mol. The topological polar surface area (TPSA) is 23.5 Å². The van der Waals surface area contributed by atoms with E-state index in [-0.39, 0.29) is 5.41 Å². The van der Waals surface area contributed by atoms with Gasteiger partial charge in [0.25, 0.3) is 0 Å². The fourth-order valence-electron chi connectivity index (χ4n) is 3.32. The van der Waals surface area contributed by atoms with Crippen molar-refractivity contribution in [3.8, 4) is 5.75 Å². The molecule has 1 aliphatic rings. The predicted octanol–water partition coefficient (Wildman–Crippen LogP) is 4.10. The summed E-state index contributed by atoms with van der Waals surface area (Å²) >= 11 is 0. The van der Waals surface area contributed by atoms with E-state index in [1.807, 2.05) is 12.1 Å². The zero-order chi connectivity index (χ0) is 14.6. The minimum absolute atomic E-state index is 0.225. The van der Waals surface area contributed by atoms with Gasteiger partial charge in [0.1, 0.15) is 5.75 Å². The Morgan fingerprint density at radius 3 is 2.85 bits per heavy atom. The number of hydrogen-bond donors (Lipinski definition) is 1. The molecule has 1 N–H and O–H groups in total. The molecule has 2 nitrogen and oxygen atoms in total. The Morgan fingerprint density at radius 1 is 1.40 bits per heavy atom. The second-order valence-electron chi connectivity index (χ2n) is 6.35. The van der Waals surface area contributed by atoms with Gasteiger partial charge in [-0.2, -0.15) is 0 Å². The number of nitrogens with zero attached hydrogens (tertiary/aromatic N) is 1. The van der Waals surface area contributed by atoms with Crippen molar-refractivity contribution in [2.45, 2.75) is 45.4 Å². The standard InChI is InChI=1S/C18H27NO/c1-4-9-18(16-6-5-7-17(20)13-16)10-12-19(14-18)11-8-15(2)3/h5-8,13,20H,4,9-12,14H2,1-3H3/t18-/m0/s1. The lowest BCUT2D eigenvalue weighted by Crippen LogP contribution is -2.31. The van der Waals surface area contributed by atoms with Crippen LogP contribution >= 0.6 is 0 Å². The molecule has 1 aliphatic heterocycles. The Kier molecular flexibility index (Phi) is 4.87. The molecule has 20 heavy (non-hydrogen) atoms. The van der Waals surface area contributed by atoms with Crippen molar-refractivity contribution in [1.82, 2.24) is 4.90 Å². The van der Waals surface area contributed by atoms with E-state index in [0.717, 1.165) is 19.6 Å². The van der Waals surface area contributed by atoms with Gasteiger partial charge in [0.15, 0.2) is 0 Å². The number of phenolic OH excluding ortho intramolecular Hbond substituents is 1. The summed E-state index contributed by atoms with van der Waals surface area (Å²) in [6, 6.07) is 7.87. The fraction of sp³-hybridized carbons (Fsp3) is 0.556. The summed E-state index contributed by atoms with van der Waals surface area (Å²) in [5.41, 5.74) is 2.91. The quantitative estimate of drug-likeness (QED) is 0.816. The van der Waals surface area contributed by atoms with Crippen LogP contribution in [0.5, 0.6) is 5.75 Å². The molecule has 2 heteroatoms. The molecule has 0 aliphatic carbocycles. The highest BCUT2D eigenvalue weighted by molar-refractivity contribution is 5.34. The van der Waals surface area contributed by atoms with Crippen molar-refractivity contribution in [3.63, 3.8) is 0 Å². The molecule has 0 aromatic heterocycles. The van der Waals surface area contributed by atoms with Crippen LogP contribution in [0.25, 0.3) is 0 Å². The molecule has 1 aromatic rings. The molecule has 1 heterocycles. The molecular weight excluding hydrogens is 246 g/mol. The van der Waals surface area contributed by atoms with Crippen molar-refractivity contribution < 1.29 is 5.11 Å². The maximum absolute atomic E-state index is 9.78. The highest BCUT2D eigenvalue weighted by atomic mass is 16.3. The van der Waals surface area contributed by atoms with Gasteiger partial charge in [-0.3, -0.25) is 4.90 Å². The summed E-state index contributed by atoms with van der Waals surface area (Å²) in [5, 5.41) is 9.78. The second kappa shape index (κ2) is 6.45. The average molecular weight is 273 g/mol. The number of hydrogen-bond acceptors (Lipinski definition) is 2. The maximum Gasteiger partial charge on any atom is 0.115 e. The molecule has 1 fully saturated rings. The number of phenols is 1. The Bertz CT molecular complexity index is 476. The third kappa shape index (κ3) is 3.43. The SMILES string of the molecule is CCC[C@]1(c2cccc(O)c2)CCN(CC=C(C)C)C1. The van der Waals surface area contributed by atoms with E-state index in [1.54, 1.807) is 6.07 Å². The molecule has 0 radical (unpaired) electrons. The van der Waals surface area contributed by atoms with Crippen molar-refractivity contribution in [2.75, 3.05) is 19.6 Å². The van der Waals surface area contributed by atoms with Crippen LogP contribution in [-0.4, -0.2) is 29.6 Å². The van der Waals surface area contributed by atoms with Crippen LogP contribution in [0, 0.1) is 0 Å². The first-order chi connectivity index (χ1) is 9.55. The van der Waals surface area contributed by atoms with E-state index in [2.05, 4.69) is 37.8 Å². The molecule has 0 bridgehead atoms. The van der Waals surface area contributed by atoms with E-state index in [0.29, 0.717) is 5.75 Å². The lowest BCUT2D eigenvalue weighted by atomic mass is 9.76. The monoisotopic (exact) mass is 273 g/mol. The summed E-state index contributed by atoms with van der Waals surface area (Å²) in [6.07, 6.45) is 5.89. The normalized spacial score (nSPS) is 22.9. The first-order valence-electron chi connectivity index (χ1n) is 7.71. The minimum Gasteiger partial charge on any atom is -0.508 e. The highest BCUT2D eigenvalue weighted by Crippen LogP contribution is 2.39. The molecule has 1 saturated heterocycles. The van der Waals surface area contributed by atoms with Crippen LogP contribution in [-0.2, 0) is 5.41 Å². The number of rotatable bonds is 5. The number of aromatic hydroxyl groups is 1. The maximum atomic E-state index is 9.78. The van der Waals surface area contributed by atoms with Crippen molar-refractivity contribution in [1.29, 1.82) is 0 Å². The lowest BCUT2D eigenvalue weighted by Gasteiger charge is -2.30.